The first-order valence-corrected chi connectivity index (χ1v) is 8.66. The summed E-state index contributed by atoms with van der Waals surface area (Å²) in [6, 6.07) is 0. The Labute approximate surface area is 124 Å². The first kappa shape index (κ1) is 14.4. The average Bonchev–Trinajstić information content (AvgIpc) is 2.73. The second kappa shape index (κ2) is 5.67. The van der Waals surface area contributed by atoms with Gasteiger partial charge in [0.05, 0.1) is 6.10 Å². The maximum atomic E-state index is 9.78. The van der Waals surface area contributed by atoms with Gasteiger partial charge < -0.3 is 5.11 Å². The lowest BCUT2D eigenvalue weighted by Gasteiger charge is -2.41. The van der Waals surface area contributed by atoms with Gasteiger partial charge in [0.15, 0.2) is 0 Å². The summed E-state index contributed by atoms with van der Waals surface area (Å²) in [5.74, 6) is 1.72. The van der Waals surface area contributed by atoms with Crippen LogP contribution in [0.25, 0.3) is 0 Å². The highest BCUT2D eigenvalue weighted by molar-refractivity contribution is 5.25. The van der Waals surface area contributed by atoms with Crippen LogP contribution < -0.4 is 0 Å². The molecule has 112 valence electrons. The first-order valence-electron chi connectivity index (χ1n) is 8.66. The van der Waals surface area contributed by atoms with Crippen LogP contribution >= 0.6 is 0 Å². The molecule has 1 unspecified atom stereocenters. The normalized spacial score (nSPS) is 45.9. The molecule has 3 aliphatic carbocycles. The zero-order valence-electron chi connectivity index (χ0n) is 13.2. The van der Waals surface area contributed by atoms with Crippen molar-refractivity contribution in [3.05, 3.63) is 23.3 Å². The fourth-order valence-electron chi connectivity index (χ4n) is 4.94. The lowest BCUT2D eigenvalue weighted by atomic mass is 9.64. The predicted octanol–water partition coefficient (Wildman–Crippen LogP) is 5.01. The van der Waals surface area contributed by atoms with Crippen molar-refractivity contribution in [1.29, 1.82) is 0 Å². The average molecular weight is 274 g/mol. The number of aliphatic hydroxyl groups excluding tert-OH is 1. The van der Waals surface area contributed by atoms with E-state index in [9.17, 15) is 5.11 Å². The van der Waals surface area contributed by atoms with Gasteiger partial charge in [0.25, 0.3) is 0 Å². The van der Waals surface area contributed by atoms with Gasteiger partial charge in [-0.05, 0) is 75.0 Å². The molecule has 0 bridgehead atoms. The first-order chi connectivity index (χ1) is 9.59. The Morgan fingerprint density at radius 1 is 1.10 bits per heavy atom. The molecule has 20 heavy (non-hydrogen) atoms. The Kier molecular flexibility index (Phi) is 4.08. The Hall–Kier alpha value is -0.560. The van der Waals surface area contributed by atoms with E-state index in [1.165, 1.54) is 44.1 Å². The fourth-order valence-corrected chi connectivity index (χ4v) is 4.94. The molecule has 0 heterocycles. The van der Waals surface area contributed by atoms with Gasteiger partial charge in [0, 0.05) is 0 Å². The van der Waals surface area contributed by atoms with Crippen LogP contribution in [-0.2, 0) is 0 Å². The molecule has 0 aromatic carbocycles. The third-order valence-corrected chi connectivity index (χ3v) is 6.50. The standard InChI is InChI=1S/C19H30O/c1-14-8-11-18-16(6-4-12-19(14,18)2)10-9-15-5-3-7-17(20)13-15/h9-10,14,17-18,20H,3-8,11-13H2,1-2H3/b15-9-,16-10+/t14-,17-,18?,19+/m0/s1. The predicted molar refractivity (Wildman–Crippen MR) is 84.5 cm³/mol. The van der Waals surface area contributed by atoms with E-state index in [4.69, 9.17) is 0 Å². The molecule has 3 fully saturated rings. The van der Waals surface area contributed by atoms with Gasteiger partial charge in [0.1, 0.15) is 0 Å². The topological polar surface area (TPSA) is 20.2 Å². The molecule has 1 heteroatoms. The summed E-state index contributed by atoms with van der Waals surface area (Å²) in [7, 11) is 0. The maximum absolute atomic E-state index is 9.78. The van der Waals surface area contributed by atoms with Crippen LogP contribution in [0.4, 0.5) is 0 Å². The van der Waals surface area contributed by atoms with E-state index >= 15 is 0 Å². The van der Waals surface area contributed by atoms with Crippen LogP contribution in [0.15, 0.2) is 23.3 Å². The Bertz CT molecular complexity index is 419. The van der Waals surface area contributed by atoms with Gasteiger partial charge in [0.2, 0.25) is 0 Å². The molecule has 0 spiro atoms. The van der Waals surface area contributed by atoms with Crippen LogP contribution in [-0.4, -0.2) is 11.2 Å². The Balaban J connectivity index is 1.76. The van der Waals surface area contributed by atoms with Crippen molar-refractivity contribution in [2.45, 2.75) is 77.7 Å². The van der Waals surface area contributed by atoms with Gasteiger partial charge in [-0.1, -0.05) is 37.1 Å². The molecule has 0 aliphatic heterocycles. The monoisotopic (exact) mass is 274 g/mol. The summed E-state index contributed by atoms with van der Waals surface area (Å²) in [4.78, 5) is 0. The van der Waals surface area contributed by atoms with Crippen molar-refractivity contribution in [3.8, 4) is 0 Å². The Morgan fingerprint density at radius 2 is 1.95 bits per heavy atom. The second-order valence-corrected chi connectivity index (χ2v) is 7.71. The molecule has 0 aromatic rings. The lowest BCUT2D eigenvalue weighted by Crippen LogP contribution is -2.31. The number of rotatable bonds is 1. The molecule has 3 saturated carbocycles. The molecule has 3 aliphatic rings. The quantitative estimate of drug-likeness (QED) is 0.712. The molecule has 0 amide bonds. The SMILES string of the molecule is C[C@H]1CCC2/C(=C/C=C3/CCC[C@H](O)C3)CCC[C@@]21C. The van der Waals surface area contributed by atoms with E-state index in [0.29, 0.717) is 5.41 Å². The van der Waals surface area contributed by atoms with Crippen molar-refractivity contribution < 1.29 is 5.11 Å². The smallest absolute Gasteiger partial charge is 0.0577 e. The van der Waals surface area contributed by atoms with Crippen LogP contribution in [0.5, 0.6) is 0 Å². The highest BCUT2D eigenvalue weighted by Crippen LogP contribution is 2.57. The molecule has 4 atom stereocenters. The molecular weight excluding hydrogens is 244 g/mol. The van der Waals surface area contributed by atoms with Gasteiger partial charge in [-0.15, -0.1) is 0 Å². The summed E-state index contributed by atoms with van der Waals surface area (Å²) in [5, 5.41) is 9.78. The number of hydrogen-bond acceptors (Lipinski definition) is 1. The minimum Gasteiger partial charge on any atom is -0.393 e. The third-order valence-electron chi connectivity index (χ3n) is 6.50. The molecule has 3 rings (SSSR count). The number of aliphatic hydroxyl groups is 1. The maximum Gasteiger partial charge on any atom is 0.0577 e. The van der Waals surface area contributed by atoms with E-state index in [2.05, 4.69) is 26.0 Å². The summed E-state index contributed by atoms with van der Waals surface area (Å²) in [5.41, 5.74) is 3.74. The van der Waals surface area contributed by atoms with E-state index in [-0.39, 0.29) is 6.10 Å². The van der Waals surface area contributed by atoms with Crippen LogP contribution in [0.2, 0.25) is 0 Å². The van der Waals surface area contributed by atoms with E-state index in [0.717, 1.165) is 31.1 Å². The van der Waals surface area contributed by atoms with Crippen molar-refractivity contribution in [3.63, 3.8) is 0 Å². The molecule has 1 N–H and O–H groups in total. The van der Waals surface area contributed by atoms with Crippen molar-refractivity contribution in [2.24, 2.45) is 17.3 Å². The van der Waals surface area contributed by atoms with Crippen LogP contribution in [0, 0.1) is 17.3 Å². The van der Waals surface area contributed by atoms with E-state index < -0.39 is 0 Å². The summed E-state index contributed by atoms with van der Waals surface area (Å²) in [6.45, 7) is 4.98. The number of hydrogen-bond donors (Lipinski definition) is 1. The van der Waals surface area contributed by atoms with E-state index in [1.807, 2.05) is 0 Å². The van der Waals surface area contributed by atoms with Gasteiger partial charge in [-0.25, -0.2) is 0 Å². The largest absolute Gasteiger partial charge is 0.393 e. The third kappa shape index (κ3) is 2.62. The van der Waals surface area contributed by atoms with Crippen LogP contribution in [0.1, 0.15) is 71.6 Å². The minimum atomic E-state index is -0.0866. The highest BCUT2D eigenvalue weighted by atomic mass is 16.3. The zero-order chi connectivity index (χ0) is 14.2. The second-order valence-electron chi connectivity index (χ2n) is 7.71. The fraction of sp³-hybridized carbons (Fsp3) is 0.789. The molecule has 0 saturated heterocycles. The lowest BCUT2D eigenvalue weighted by molar-refractivity contribution is 0.146. The minimum absolute atomic E-state index is 0.0866. The molecule has 0 aromatic heterocycles. The van der Waals surface area contributed by atoms with Crippen molar-refractivity contribution in [2.75, 3.05) is 0 Å². The number of fused-ring (bicyclic) bond motifs is 1. The summed E-state index contributed by atoms with van der Waals surface area (Å²) >= 11 is 0. The van der Waals surface area contributed by atoms with Gasteiger partial charge in [-0.2, -0.15) is 0 Å². The summed E-state index contributed by atoms with van der Waals surface area (Å²) < 4.78 is 0. The molecule has 1 nitrogen and oxygen atoms in total. The zero-order valence-corrected chi connectivity index (χ0v) is 13.2. The Morgan fingerprint density at radius 3 is 2.75 bits per heavy atom. The van der Waals surface area contributed by atoms with Crippen molar-refractivity contribution >= 4 is 0 Å². The van der Waals surface area contributed by atoms with Gasteiger partial charge >= 0.3 is 0 Å². The number of allylic oxidation sites excluding steroid dienone is 3. The molecular formula is C19H30O. The summed E-state index contributed by atoms with van der Waals surface area (Å²) in [6.07, 6.45) is 15.9. The highest BCUT2D eigenvalue weighted by Gasteiger charge is 2.46. The van der Waals surface area contributed by atoms with Gasteiger partial charge in [-0.3, -0.25) is 0 Å². The van der Waals surface area contributed by atoms with Crippen molar-refractivity contribution in [1.82, 2.24) is 0 Å². The van der Waals surface area contributed by atoms with Crippen LogP contribution in [0.3, 0.4) is 0 Å². The van der Waals surface area contributed by atoms with E-state index in [1.54, 1.807) is 5.57 Å². The molecule has 0 radical (unpaired) electrons.